The van der Waals surface area contributed by atoms with Crippen LogP contribution in [0.4, 0.5) is 16.2 Å². The van der Waals surface area contributed by atoms with E-state index < -0.39 is 6.09 Å². The lowest BCUT2D eigenvalue weighted by Crippen LogP contribution is -2.27. The van der Waals surface area contributed by atoms with Crippen LogP contribution in [0.5, 0.6) is 5.75 Å². The minimum absolute atomic E-state index is 0.0284. The Hall–Kier alpha value is -2.53. The molecule has 3 rings (SSSR count). The van der Waals surface area contributed by atoms with Gasteiger partial charge in [-0.15, -0.1) is 0 Å². The number of hydrogen-bond acceptors (Lipinski definition) is 4. The zero-order valence-electron chi connectivity index (χ0n) is 13.1. The first-order valence-electron chi connectivity index (χ1n) is 7.73. The Morgan fingerprint density at radius 3 is 2.83 bits per heavy atom. The third-order valence-electron chi connectivity index (χ3n) is 4.24. The molecule has 1 heterocycles. The molecule has 0 aliphatic carbocycles. The van der Waals surface area contributed by atoms with E-state index in [1.807, 2.05) is 42.5 Å². The molecule has 0 bridgehead atoms. The van der Waals surface area contributed by atoms with Gasteiger partial charge in [-0.3, -0.25) is 5.32 Å². The number of amides is 1. The first kappa shape index (κ1) is 15.4. The number of benzene rings is 2. The summed E-state index contributed by atoms with van der Waals surface area (Å²) in [5, 5.41) is 6.09. The van der Waals surface area contributed by atoms with Crippen LogP contribution in [0.3, 0.4) is 0 Å². The second-order valence-corrected chi connectivity index (χ2v) is 6.04. The molecule has 0 fully saturated rings. The largest absolute Gasteiger partial charge is 0.417 e. The van der Waals surface area contributed by atoms with Crippen molar-refractivity contribution < 1.29 is 9.53 Å². The molecule has 4 N–H and O–H groups in total. The van der Waals surface area contributed by atoms with Crippen LogP contribution in [-0.2, 0) is 5.41 Å². The van der Waals surface area contributed by atoms with Crippen molar-refractivity contribution in [2.24, 2.45) is 5.73 Å². The highest BCUT2D eigenvalue weighted by atomic mass is 16.6. The maximum Gasteiger partial charge on any atom is 0.417 e. The predicted molar refractivity (Wildman–Crippen MR) is 92.0 cm³/mol. The SMILES string of the molecule is C[C@@]1(CCN)CNc2ccc(OC(=O)Nc3ccccc3)cc21. The van der Waals surface area contributed by atoms with Gasteiger partial charge in [0.05, 0.1) is 0 Å². The highest BCUT2D eigenvalue weighted by Gasteiger charge is 2.34. The van der Waals surface area contributed by atoms with Gasteiger partial charge in [0.25, 0.3) is 0 Å². The molecule has 2 aromatic rings. The minimum atomic E-state index is -0.498. The predicted octanol–water partition coefficient (Wildman–Crippen LogP) is 3.33. The lowest BCUT2D eigenvalue weighted by atomic mass is 9.81. The average molecular weight is 311 g/mol. The van der Waals surface area contributed by atoms with Gasteiger partial charge in [-0.25, -0.2) is 4.79 Å². The molecule has 1 atom stereocenters. The van der Waals surface area contributed by atoms with Gasteiger partial charge in [0.1, 0.15) is 5.75 Å². The Kier molecular flexibility index (Phi) is 4.21. The van der Waals surface area contributed by atoms with Crippen LogP contribution in [0.15, 0.2) is 48.5 Å². The van der Waals surface area contributed by atoms with Crippen molar-refractivity contribution >= 4 is 17.5 Å². The Balaban J connectivity index is 1.73. The van der Waals surface area contributed by atoms with Crippen molar-refractivity contribution in [3.8, 4) is 5.75 Å². The molecule has 1 aliphatic rings. The van der Waals surface area contributed by atoms with Gasteiger partial charge >= 0.3 is 6.09 Å². The van der Waals surface area contributed by atoms with Crippen molar-refractivity contribution in [1.29, 1.82) is 0 Å². The summed E-state index contributed by atoms with van der Waals surface area (Å²) in [6, 6.07) is 14.9. The monoisotopic (exact) mass is 311 g/mol. The highest BCUT2D eigenvalue weighted by molar-refractivity contribution is 5.86. The van der Waals surface area contributed by atoms with E-state index in [0.29, 0.717) is 18.0 Å². The maximum absolute atomic E-state index is 12.0. The zero-order valence-corrected chi connectivity index (χ0v) is 13.1. The van der Waals surface area contributed by atoms with Crippen LogP contribution < -0.4 is 21.1 Å². The number of rotatable bonds is 4. The molecule has 0 aromatic heterocycles. The number of hydrogen-bond donors (Lipinski definition) is 3. The van der Waals surface area contributed by atoms with E-state index in [1.54, 1.807) is 6.07 Å². The van der Waals surface area contributed by atoms with Crippen molar-refractivity contribution in [1.82, 2.24) is 0 Å². The van der Waals surface area contributed by atoms with Crippen LogP contribution in [0.25, 0.3) is 0 Å². The van der Waals surface area contributed by atoms with E-state index in [1.165, 1.54) is 0 Å². The van der Waals surface area contributed by atoms with E-state index in [0.717, 1.165) is 24.2 Å². The molecule has 5 heteroatoms. The molecule has 2 aromatic carbocycles. The van der Waals surface area contributed by atoms with Crippen LogP contribution in [0.2, 0.25) is 0 Å². The average Bonchev–Trinajstić information content (AvgIpc) is 2.85. The molecule has 0 radical (unpaired) electrons. The highest BCUT2D eigenvalue weighted by Crippen LogP contribution is 2.40. The van der Waals surface area contributed by atoms with Gasteiger partial charge in [0, 0.05) is 23.3 Å². The van der Waals surface area contributed by atoms with Gasteiger partial charge < -0.3 is 15.8 Å². The summed E-state index contributed by atoms with van der Waals surface area (Å²) >= 11 is 0. The molecule has 1 aliphatic heterocycles. The fourth-order valence-corrected chi connectivity index (χ4v) is 2.94. The number of ether oxygens (including phenoxy) is 1. The molecule has 1 amide bonds. The molecule has 23 heavy (non-hydrogen) atoms. The number of anilines is 2. The summed E-state index contributed by atoms with van der Waals surface area (Å²) in [6.07, 6.45) is 0.384. The van der Waals surface area contributed by atoms with Crippen LogP contribution >= 0.6 is 0 Å². The van der Waals surface area contributed by atoms with Crippen molar-refractivity contribution in [3.63, 3.8) is 0 Å². The Bertz CT molecular complexity index is 699. The number of nitrogens with two attached hydrogens (primary N) is 1. The van der Waals surface area contributed by atoms with Gasteiger partial charge in [0.2, 0.25) is 0 Å². The Labute approximate surface area is 135 Å². The van der Waals surface area contributed by atoms with E-state index in [-0.39, 0.29) is 5.41 Å². The topological polar surface area (TPSA) is 76.4 Å². The lowest BCUT2D eigenvalue weighted by Gasteiger charge is -2.23. The van der Waals surface area contributed by atoms with Crippen molar-refractivity contribution in [2.75, 3.05) is 23.7 Å². The summed E-state index contributed by atoms with van der Waals surface area (Å²) in [5.74, 6) is 0.532. The molecule has 0 saturated heterocycles. The number of carbonyl (C=O) groups is 1. The van der Waals surface area contributed by atoms with E-state index in [4.69, 9.17) is 10.5 Å². The number of nitrogens with one attached hydrogen (secondary N) is 2. The normalized spacial score (nSPS) is 18.9. The first-order valence-corrected chi connectivity index (χ1v) is 7.73. The van der Waals surface area contributed by atoms with Gasteiger partial charge in [-0.1, -0.05) is 25.1 Å². The second kappa shape index (κ2) is 6.30. The number of fused-ring (bicyclic) bond motifs is 1. The summed E-state index contributed by atoms with van der Waals surface area (Å²) in [6.45, 7) is 3.64. The molecule has 120 valence electrons. The van der Waals surface area contributed by atoms with Gasteiger partial charge in [-0.2, -0.15) is 0 Å². The molecule has 0 spiro atoms. The zero-order chi connectivity index (χ0) is 16.3. The van der Waals surface area contributed by atoms with Crippen LogP contribution in [0.1, 0.15) is 18.9 Å². The Morgan fingerprint density at radius 1 is 1.30 bits per heavy atom. The standard InChI is InChI=1S/C18H21N3O2/c1-18(9-10-19)12-20-16-8-7-14(11-15(16)18)23-17(22)21-13-5-3-2-4-6-13/h2-8,11,20H,9-10,12,19H2,1H3,(H,21,22)/t18-/m1/s1. The number of carbonyl (C=O) groups excluding carboxylic acids is 1. The smallest absolute Gasteiger partial charge is 0.410 e. The molecule has 5 nitrogen and oxygen atoms in total. The van der Waals surface area contributed by atoms with E-state index in [9.17, 15) is 4.79 Å². The van der Waals surface area contributed by atoms with E-state index >= 15 is 0 Å². The summed E-state index contributed by atoms with van der Waals surface area (Å²) in [4.78, 5) is 12.0. The molecular formula is C18H21N3O2. The maximum atomic E-state index is 12.0. The van der Waals surface area contributed by atoms with Crippen molar-refractivity contribution in [3.05, 3.63) is 54.1 Å². The fourth-order valence-electron chi connectivity index (χ4n) is 2.94. The van der Waals surface area contributed by atoms with Crippen LogP contribution in [0, 0.1) is 0 Å². The lowest BCUT2D eigenvalue weighted by molar-refractivity contribution is 0.215. The number of para-hydroxylation sites is 1. The van der Waals surface area contributed by atoms with Crippen molar-refractivity contribution in [2.45, 2.75) is 18.8 Å². The second-order valence-electron chi connectivity index (χ2n) is 6.04. The summed E-state index contributed by atoms with van der Waals surface area (Å²) in [7, 11) is 0. The van der Waals surface area contributed by atoms with E-state index in [2.05, 4.69) is 17.6 Å². The Morgan fingerprint density at radius 2 is 2.09 bits per heavy atom. The molecule has 0 saturated carbocycles. The third-order valence-corrected chi connectivity index (χ3v) is 4.24. The van der Waals surface area contributed by atoms with Gasteiger partial charge in [0.15, 0.2) is 0 Å². The minimum Gasteiger partial charge on any atom is -0.410 e. The van der Waals surface area contributed by atoms with Gasteiger partial charge in [-0.05, 0) is 48.9 Å². The first-order chi connectivity index (χ1) is 11.1. The molecular weight excluding hydrogens is 290 g/mol. The van der Waals surface area contributed by atoms with Crippen LogP contribution in [-0.4, -0.2) is 19.2 Å². The summed E-state index contributed by atoms with van der Waals surface area (Å²) in [5.41, 5.74) is 8.63. The fraction of sp³-hybridized carbons (Fsp3) is 0.278. The summed E-state index contributed by atoms with van der Waals surface area (Å²) < 4.78 is 5.41. The quantitative estimate of drug-likeness (QED) is 0.809. The molecule has 0 unspecified atom stereocenters. The third kappa shape index (κ3) is 3.29.